The van der Waals surface area contributed by atoms with Gasteiger partial charge in [-0.2, -0.15) is 0 Å². The highest BCUT2D eigenvalue weighted by Gasteiger charge is 2.46. The second-order valence-corrected chi connectivity index (χ2v) is 14.4. The summed E-state index contributed by atoms with van der Waals surface area (Å²) in [6, 6.07) is 9.38. The first-order valence-corrected chi connectivity index (χ1v) is 11.4. The number of thiophene rings is 2. The zero-order valence-electron chi connectivity index (χ0n) is 13.9. The predicted octanol–water partition coefficient (Wildman–Crippen LogP) is 6.75. The van der Waals surface area contributed by atoms with Crippen molar-refractivity contribution < 1.29 is 0 Å². The van der Waals surface area contributed by atoms with Crippen LogP contribution in [-0.4, -0.2) is 16.8 Å². The Morgan fingerprint density at radius 1 is 1.00 bits per heavy atom. The summed E-state index contributed by atoms with van der Waals surface area (Å²) in [7, 11) is -0.581. The van der Waals surface area contributed by atoms with Gasteiger partial charge < -0.3 is 0 Å². The molecule has 21 heavy (non-hydrogen) atoms. The van der Waals surface area contributed by atoms with Gasteiger partial charge in [0.1, 0.15) is 0 Å². The Morgan fingerprint density at radius 2 is 1.62 bits per heavy atom. The molecule has 3 rings (SSSR count). The van der Waals surface area contributed by atoms with Crippen molar-refractivity contribution in [3.05, 3.63) is 29.1 Å². The quantitative estimate of drug-likeness (QED) is 0.568. The monoisotopic (exact) mass is 338 g/mol. The molecular formula is C18H26S3. The van der Waals surface area contributed by atoms with Gasteiger partial charge in [0.05, 0.1) is 0 Å². The minimum atomic E-state index is -0.581. The fourth-order valence-electron chi connectivity index (χ4n) is 2.76. The van der Waals surface area contributed by atoms with E-state index in [0.717, 1.165) is 0 Å². The smallest absolute Gasteiger partial charge is 0.0454 e. The van der Waals surface area contributed by atoms with Crippen molar-refractivity contribution in [1.82, 2.24) is 0 Å². The summed E-state index contributed by atoms with van der Waals surface area (Å²) in [6.45, 7) is 11.8. The van der Waals surface area contributed by atoms with Crippen molar-refractivity contribution in [3.63, 3.8) is 0 Å². The normalized spacial score (nSPS) is 27.9. The Morgan fingerprint density at radius 3 is 2.10 bits per heavy atom. The van der Waals surface area contributed by atoms with E-state index in [2.05, 4.69) is 65.1 Å². The van der Waals surface area contributed by atoms with Gasteiger partial charge in [-0.25, -0.2) is 10.0 Å². The highest BCUT2D eigenvalue weighted by Crippen LogP contribution is 2.73. The van der Waals surface area contributed by atoms with E-state index in [1.165, 1.54) is 26.8 Å². The Hall–Kier alpha value is -0.250. The molecule has 1 aliphatic rings. The summed E-state index contributed by atoms with van der Waals surface area (Å²) >= 11 is 4.00. The molecule has 0 aliphatic carbocycles. The van der Waals surface area contributed by atoms with E-state index in [1.807, 2.05) is 22.7 Å². The average molecular weight is 339 g/mol. The van der Waals surface area contributed by atoms with Gasteiger partial charge in [-0.3, -0.25) is 0 Å². The molecule has 3 heterocycles. The Balaban J connectivity index is 1.91. The molecule has 3 heteroatoms. The van der Waals surface area contributed by atoms with Crippen molar-refractivity contribution in [2.75, 3.05) is 12.0 Å². The van der Waals surface area contributed by atoms with Gasteiger partial charge in [-0.1, -0.05) is 34.6 Å². The summed E-state index contributed by atoms with van der Waals surface area (Å²) < 4.78 is 2.18. The molecule has 0 spiro atoms. The van der Waals surface area contributed by atoms with Crippen LogP contribution in [0.3, 0.4) is 0 Å². The van der Waals surface area contributed by atoms with E-state index in [1.54, 1.807) is 4.21 Å². The number of hydrogen-bond acceptors (Lipinski definition) is 2. The number of hydrogen-bond donors (Lipinski definition) is 0. The fourth-order valence-corrected chi connectivity index (χ4v) is 9.33. The zero-order valence-corrected chi connectivity index (χ0v) is 16.4. The van der Waals surface area contributed by atoms with Crippen molar-refractivity contribution in [1.29, 1.82) is 0 Å². The molecule has 1 fully saturated rings. The maximum atomic E-state index is 2.53. The second-order valence-electron chi connectivity index (χ2n) is 7.83. The van der Waals surface area contributed by atoms with E-state index in [4.69, 9.17) is 0 Å². The fraction of sp³-hybridized carbons (Fsp3) is 0.556. The van der Waals surface area contributed by atoms with Crippen LogP contribution in [0, 0.1) is 0 Å². The molecule has 0 bridgehead atoms. The summed E-state index contributed by atoms with van der Waals surface area (Å²) in [5.41, 5.74) is 0.260. The minimum absolute atomic E-state index is 0.260. The van der Waals surface area contributed by atoms with Crippen molar-refractivity contribution in [2.24, 2.45) is 0 Å². The van der Waals surface area contributed by atoms with E-state index in [-0.39, 0.29) is 5.41 Å². The van der Waals surface area contributed by atoms with Crippen LogP contribution in [0.15, 0.2) is 28.5 Å². The molecule has 1 aliphatic heterocycles. The molecule has 0 N–H and O–H groups in total. The van der Waals surface area contributed by atoms with Gasteiger partial charge in [-0.15, -0.1) is 22.7 Å². The minimum Gasteiger partial charge on any atom is -0.203 e. The molecule has 1 saturated heterocycles. The molecule has 0 amide bonds. The second kappa shape index (κ2) is 4.87. The average Bonchev–Trinajstić information content (AvgIpc) is 3.03. The number of rotatable bonds is 2. The molecule has 0 aromatic carbocycles. The van der Waals surface area contributed by atoms with Crippen molar-refractivity contribution in [2.45, 2.75) is 55.4 Å². The van der Waals surface area contributed by atoms with Crippen LogP contribution >= 0.6 is 32.7 Å². The van der Waals surface area contributed by atoms with Gasteiger partial charge in [-0.05, 0) is 52.9 Å². The highest BCUT2D eigenvalue weighted by atomic mass is 32.3. The molecule has 1 atom stereocenters. The van der Waals surface area contributed by atoms with E-state index >= 15 is 0 Å². The van der Waals surface area contributed by atoms with Gasteiger partial charge >= 0.3 is 0 Å². The molecule has 0 saturated carbocycles. The molecule has 1 unspecified atom stereocenters. The van der Waals surface area contributed by atoms with Crippen molar-refractivity contribution in [3.8, 4) is 9.75 Å². The largest absolute Gasteiger partial charge is 0.203 e. The first kappa shape index (κ1) is 15.6. The summed E-state index contributed by atoms with van der Waals surface area (Å²) in [5.74, 6) is 1.41. The Kier molecular flexibility index (Phi) is 3.63. The molecule has 0 nitrogen and oxygen atoms in total. The molecule has 0 radical (unpaired) electrons. The van der Waals surface area contributed by atoms with Crippen LogP contribution in [0.2, 0.25) is 0 Å². The Bertz CT molecular complexity index is 654. The summed E-state index contributed by atoms with van der Waals surface area (Å²) in [4.78, 5) is 4.38. The summed E-state index contributed by atoms with van der Waals surface area (Å²) in [5, 5.41) is 0. The van der Waals surface area contributed by atoms with Crippen molar-refractivity contribution >= 4 is 32.7 Å². The lowest BCUT2D eigenvalue weighted by Gasteiger charge is -2.58. The van der Waals surface area contributed by atoms with E-state index in [0.29, 0.717) is 4.75 Å². The van der Waals surface area contributed by atoms with Crippen LogP contribution in [0.25, 0.3) is 9.75 Å². The maximum Gasteiger partial charge on any atom is 0.0454 e. The topological polar surface area (TPSA) is 0 Å². The van der Waals surface area contributed by atoms with E-state index in [9.17, 15) is 0 Å². The van der Waals surface area contributed by atoms with Gasteiger partial charge in [0, 0.05) is 18.8 Å². The molecule has 116 valence electrons. The standard InChI is InChI=1S/C18H26S3/c1-17(2,3)15-9-7-13(19-15)14-8-10-16(20-14)21(6)12-11-18(21,4)5/h7-10H,11-12H2,1-6H3. The van der Waals surface area contributed by atoms with Crippen LogP contribution in [0.1, 0.15) is 45.9 Å². The van der Waals surface area contributed by atoms with Gasteiger partial charge in [0.25, 0.3) is 0 Å². The Labute approximate surface area is 138 Å². The third-order valence-electron chi connectivity index (χ3n) is 4.95. The maximum absolute atomic E-state index is 2.53. The molecular weight excluding hydrogens is 312 g/mol. The first-order chi connectivity index (χ1) is 9.63. The predicted molar refractivity (Wildman–Crippen MR) is 102 cm³/mol. The van der Waals surface area contributed by atoms with Crippen LogP contribution in [0.5, 0.6) is 0 Å². The lowest BCUT2D eigenvalue weighted by atomic mass is 9.95. The van der Waals surface area contributed by atoms with Crippen LogP contribution in [-0.2, 0) is 5.41 Å². The van der Waals surface area contributed by atoms with Crippen LogP contribution < -0.4 is 0 Å². The third-order valence-corrected chi connectivity index (χ3v) is 13.6. The lowest BCUT2D eigenvalue weighted by molar-refractivity contribution is 0.604. The van der Waals surface area contributed by atoms with Gasteiger partial charge in [0.2, 0.25) is 0 Å². The SMILES string of the molecule is CC(C)(C)c1ccc(-c2ccc(S3(C)CCC3(C)C)s2)s1. The van der Waals surface area contributed by atoms with Gasteiger partial charge in [0.15, 0.2) is 0 Å². The highest BCUT2D eigenvalue weighted by molar-refractivity contribution is 8.36. The first-order valence-electron chi connectivity index (χ1n) is 7.60. The van der Waals surface area contributed by atoms with E-state index < -0.39 is 10.0 Å². The zero-order chi connectivity index (χ0) is 15.5. The molecule has 2 aromatic rings. The lowest BCUT2D eigenvalue weighted by Crippen LogP contribution is -2.41. The third kappa shape index (κ3) is 2.51. The summed E-state index contributed by atoms with van der Waals surface area (Å²) in [6.07, 6.45) is 3.92. The van der Waals surface area contributed by atoms with Crippen LogP contribution in [0.4, 0.5) is 0 Å². The molecule has 2 aromatic heterocycles.